The monoisotopic (exact) mass is 224 g/mol. The predicted molar refractivity (Wildman–Crippen MR) is 57.4 cm³/mol. The van der Waals surface area contributed by atoms with Crippen molar-refractivity contribution in [2.45, 2.75) is 0 Å². The van der Waals surface area contributed by atoms with E-state index in [1.807, 2.05) is 0 Å². The second kappa shape index (κ2) is 5.25. The molecule has 0 aliphatic heterocycles. The van der Waals surface area contributed by atoms with Crippen LogP contribution in [-0.4, -0.2) is 37.4 Å². The van der Waals surface area contributed by atoms with E-state index >= 15 is 0 Å². The lowest BCUT2D eigenvalue weighted by atomic mass is 10.2. The summed E-state index contributed by atoms with van der Waals surface area (Å²) in [6.45, 7) is -0.139. The molecule has 0 bridgehead atoms. The van der Waals surface area contributed by atoms with Crippen molar-refractivity contribution in [1.29, 1.82) is 0 Å². The highest BCUT2D eigenvalue weighted by Gasteiger charge is 2.12. The fourth-order valence-corrected chi connectivity index (χ4v) is 1.05. The van der Waals surface area contributed by atoms with Crippen molar-refractivity contribution in [3.8, 4) is 0 Å². The molecule has 1 aromatic rings. The minimum absolute atomic E-state index is 0.0611. The Morgan fingerprint density at radius 3 is 2.50 bits per heavy atom. The topological polar surface area (TPSA) is 49.4 Å². The molecule has 0 saturated carbocycles. The Hall–Kier alpha value is -1.91. The fourth-order valence-electron chi connectivity index (χ4n) is 1.05. The Bertz CT molecular complexity index is 405. The van der Waals surface area contributed by atoms with E-state index < -0.39 is 11.7 Å². The summed E-state index contributed by atoms with van der Waals surface area (Å²) in [6, 6.07) is 5.62. The fraction of sp³-hybridized carbons (Fsp3) is 0.273. The first-order chi connectivity index (χ1) is 7.52. The number of nitrogens with zero attached hydrogens (tertiary/aromatic N) is 1. The van der Waals surface area contributed by atoms with Crippen LogP contribution in [0.5, 0.6) is 0 Å². The summed E-state index contributed by atoms with van der Waals surface area (Å²) in [7, 11) is 3.16. The Morgan fingerprint density at radius 1 is 1.31 bits per heavy atom. The zero-order valence-corrected chi connectivity index (χ0v) is 9.16. The van der Waals surface area contributed by atoms with Gasteiger partial charge in [-0.15, -0.1) is 0 Å². The highest BCUT2D eigenvalue weighted by molar-refractivity contribution is 5.96. The van der Waals surface area contributed by atoms with Crippen molar-refractivity contribution < 1.29 is 14.0 Å². The molecule has 0 aliphatic carbocycles. The van der Waals surface area contributed by atoms with Crippen molar-refractivity contribution in [3.05, 3.63) is 35.6 Å². The van der Waals surface area contributed by atoms with Crippen molar-refractivity contribution >= 4 is 11.8 Å². The standard InChI is InChI=1S/C11H13FN2O2/c1-14(2)10(15)7-13-11(16)8-5-3-4-6-9(8)12/h3-6H,7H2,1-2H3,(H,13,16). The molecule has 0 saturated heterocycles. The Balaban J connectivity index is 2.60. The van der Waals surface area contributed by atoms with Gasteiger partial charge in [-0.1, -0.05) is 12.1 Å². The highest BCUT2D eigenvalue weighted by Crippen LogP contribution is 2.05. The number of rotatable bonds is 3. The smallest absolute Gasteiger partial charge is 0.254 e. The first-order valence-corrected chi connectivity index (χ1v) is 4.75. The summed E-state index contributed by atoms with van der Waals surface area (Å²) in [5.41, 5.74) is -0.0611. The first-order valence-electron chi connectivity index (χ1n) is 4.75. The maximum Gasteiger partial charge on any atom is 0.254 e. The van der Waals surface area contributed by atoms with Crippen LogP contribution < -0.4 is 5.32 Å². The maximum atomic E-state index is 13.2. The maximum absolute atomic E-state index is 13.2. The molecule has 4 nitrogen and oxygen atoms in total. The van der Waals surface area contributed by atoms with Crippen LogP contribution in [0.4, 0.5) is 4.39 Å². The van der Waals surface area contributed by atoms with Gasteiger partial charge in [0.2, 0.25) is 5.91 Å². The lowest BCUT2D eigenvalue weighted by molar-refractivity contribution is -0.127. The minimum atomic E-state index is -0.600. The molecular weight excluding hydrogens is 211 g/mol. The minimum Gasteiger partial charge on any atom is -0.347 e. The van der Waals surface area contributed by atoms with E-state index in [0.29, 0.717) is 0 Å². The van der Waals surface area contributed by atoms with Crippen LogP contribution in [0.3, 0.4) is 0 Å². The summed E-state index contributed by atoms with van der Waals surface area (Å²) in [5, 5.41) is 2.35. The molecule has 1 N–H and O–H groups in total. The molecule has 16 heavy (non-hydrogen) atoms. The van der Waals surface area contributed by atoms with E-state index in [2.05, 4.69) is 5.32 Å². The Labute approximate surface area is 93.1 Å². The molecule has 5 heteroatoms. The normalized spacial score (nSPS) is 9.69. The van der Waals surface area contributed by atoms with Gasteiger partial charge in [0.25, 0.3) is 5.91 Å². The SMILES string of the molecule is CN(C)C(=O)CNC(=O)c1ccccc1F. The predicted octanol–water partition coefficient (Wildman–Crippen LogP) is 0.644. The lowest BCUT2D eigenvalue weighted by Crippen LogP contribution is -2.36. The van der Waals surface area contributed by atoms with Crippen LogP contribution in [0.2, 0.25) is 0 Å². The molecule has 0 aliphatic rings. The van der Waals surface area contributed by atoms with Gasteiger partial charge in [-0.2, -0.15) is 0 Å². The number of nitrogens with one attached hydrogen (secondary N) is 1. The molecular formula is C11H13FN2O2. The average molecular weight is 224 g/mol. The molecule has 2 amide bonds. The van der Waals surface area contributed by atoms with Crippen LogP contribution in [0.25, 0.3) is 0 Å². The van der Waals surface area contributed by atoms with E-state index in [4.69, 9.17) is 0 Å². The van der Waals surface area contributed by atoms with E-state index in [9.17, 15) is 14.0 Å². The van der Waals surface area contributed by atoms with Gasteiger partial charge in [-0.25, -0.2) is 4.39 Å². The van der Waals surface area contributed by atoms with Crippen molar-refractivity contribution in [1.82, 2.24) is 10.2 Å². The van der Waals surface area contributed by atoms with Crippen LogP contribution >= 0.6 is 0 Å². The van der Waals surface area contributed by atoms with Crippen LogP contribution in [0.15, 0.2) is 24.3 Å². The van der Waals surface area contributed by atoms with Crippen LogP contribution in [0, 0.1) is 5.82 Å². The largest absolute Gasteiger partial charge is 0.347 e. The molecule has 0 unspecified atom stereocenters. The van der Waals surface area contributed by atoms with E-state index in [-0.39, 0.29) is 18.0 Å². The third-order valence-corrected chi connectivity index (χ3v) is 2.02. The third kappa shape index (κ3) is 3.05. The second-order valence-electron chi connectivity index (χ2n) is 3.45. The summed E-state index contributed by atoms with van der Waals surface area (Å²) in [5.74, 6) is -1.43. The van der Waals surface area contributed by atoms with E-state index in [0.717, 1.165) is 0 Å². The summed E-state index contributed by atoms with van der Waals surface area (Å²) < 4.78 is 13.2. The zero-order valence-electron chi connectivity index (χ0n) is 9.16. The molecule has 0 spiro atoms. The van der Waals surface area contributed by atoms with Gasteiger partial charge in [0, 0.05) is 14.1 Å². The molecule has 1 rings (SSSR count). The second-order valence-corrected chi connectivity index (χ2v) is 3.45. The number of hydrogen-bond donors (Lipinski definition) is 1. The van der Waals surface area contributed by atoms with Crippen LogP contribution in [-0.2, 0) is 4.79 Å². The van der Waals surface area contributed by atoms with Gasteiger partial charge in [-0.05, 0) is 12.1 Å². The van der Waals surface area contributed by atoms with Gasteiger partial charge in [0.1, 0.15) is 5.82 Å². The number of benzene rings is 1. The molecule has 0 aromatic heterocycles. The number of halogens is 1. The number of hydrogen-bond acceptors (Lipinski definition) is 2. The molecule has 86 valence electrons. The summed E-state index contributed by atoms with van der Waals surface area (Å²) in [6.07, 6.45) is 0. The Kier molecular flexibility index (Phi) is 3.99. The average Bonchev–Trinajstić information content (AvgIpc) is 2.25. The Morgan fingerprint density at radius 2 is 1.94 bits per heavy atom. The molecule has 1 aromatic carbocycles. The highest BCUT2D eigenvalue weighted by atomic mass is 19.1. The zero-order chi connectivity index (χ0) is 12.1. The van der Waals surface area contributed by atoms with Crippen molar-refractivity contribution in [3.63, 3.8) is 0 Å². The van der Waals surface area contributed by atoms with Gasteiger partial charge < -0.3 is 10.2 Å². The van der Waals surface area contributed by atoms with E-state index in [1.165, 1.54) is 23.1 Å². The molecule has 0 radical (unpaired) electrons. The van der Waals surface area contributed by atoms with Gasteiger partial charge in [-0.3, -0.25) is 9.59 Å². The summed E-state index contributed by atoms with van der Waals surface area (Å²) >= 11 is 0. The third-order valence-electron chi connectivity index (χ3n) is 2.02. The van der Waals surface area contributed by atoms with Gasteiger partial charge in [0.15, 0.2) is 0 Å². The quantitative estimate of drug-likeness (QED) is 0.819. The van der Waals surface area contributed by atoms with E-state index in [1.54, 1.807) is 20.2 Å². The lowest BCUT2D eigenvalue weighted by Gasteiger charge is -2.11. The number of amides is 2. The summed E-state index contributed by atoms with van der Waals surface area (Å²) in [4.78, 5) is 24.0. The number of carbonyl (C=O) groups is 2. The molecule has 0 atom stereocenters. The van der Waals surface area contributed by atoms with Gasteiger partial charge >= 0.3 is 0 Å². The van der Waals surface area contributed by atoms with Crippen LogP contribution in [0.1, 0.15) is 10.4 Å². The first kappa shape index (κ1) is 12.2. The van der Waals surface area contributed by atoms with Crippen molar-refractivity contribution in [2.75, 3.05) is 20.6 Å². The number of likely N-dealkylation sites (N-methyl/N-ethyl adjacent to an activating group) is 1. The van der Waals surface area contributed by atoms with Gasteiger partial charge in [0.05, 0.1) is 12.1 Å². The van der Waals surface area contributed by atoms with Crippen molar-refractivity contribution in [2.24, 2.45) is 0 Å². The number of carbonyl (C=O) groups excluding carboxylic acids is 2. The molecule has 0 fully saturated rings. The molecule has 0 heterocycles.